The predicted molar refractivity (Wildman–Crippen MR) is 197 cm³/mol. The van der Waals surface area contributed by atoms with Crippen LogP contribution in [0, 0.1) is 0 Å². The highest BCUT2D eigenvalue weighted by molar-refractivity contribution is 5.83. The molecule has 1 heterocycles. The second-order valence-corrected chi connectivity index (χ2v) is 13.1. The maximum atomic E-state index is 12.9. The number of hydrogen-bond donors (Lipinski definition) is 2. The molecule has 0 saturated carbocycles. The molecule has 3 aromatic rings. The van der Waals surface area contributed by atoms with Gasteiger partial charge in [0.2, 0.25) is 0 Å². The van der Waals surface area contributed by atoms with Crippen LogP contribution in [-0.2, 0) is 22.5 Å². The Labute approximate surface area is 293 Å². The summed E-state index contributed by atoms with van der Waals surface area (Å²) in [5.74, 6) is -0.795. The van der Waals surface area contributed by atoms with Crippen LogP contribution in [0.25, 0.3) is 22.5 Å². The van der Waals surface area contributed by atoms with Gasteiger partial charge in [-0.1, -0.05) is 130 Å². The molecule has 0 radical (unpaired) electrons. The number of aromatic nitrogens is 3. The molecule has 1 aliphatic rings. The van der Waals surface area contributed by atoms with Crippen LogP contribution < -0.4 is 5.32 Å². The highest BCUT2D eigenvalue weighted by atomic mass is 16.6. The number of carbonyl (C=O) groups excluding carboxylic acids is 1. The van der Waals surface area contributed by atoms with E-state index in [1.807, 2.05) is 35.0 Å². The number of hydrogen-bond acceptors (Lipinski definition) is 5. The van der Waals surface area contributed by atoms with Gasteiger partial charge in [-0.3, -0.25) is 4.79 Å². The molecule has 0 spiro atoms. The molecule has 1 amide bonds. The third kappa shape index (κ3) is 12.6. The standard InChI is InChI=1S/C41H56N4O4/c1-2-3-4-5-6-7-8-9-10-11-12-13-14-15-16-24-31-45-40-36-28-22-21-27-35(36)37(49-41(48)42-30-23-17-18-29-38(46)47)32-33-25-19-20-26-34(33)39(40)43-44-45/h6-7,9-10,19-22,25-28,37H,2-5,8,11-18,23-24,29-32H2,1H3,(H,42,48)(H,46,47). The minimum absolute atomic E-state index is 0.145. The molecule has 1 unspecified atom stereocenters. The van der Waals surface area contributed by atoms with Gasteiger partial charge >= 0.3 is 12.1 Å². The Morgan fingerprint density at radius 1 is 0.837 bits per heavy atom. The van der Waals surface area contributed by atoms with E-state index in [-0.39, 0.29) is 6.42 Å². The smallest absolute Gasteiger partial charge is 0.407 e. The highest BCUT2D eigenvalue weighted by Gasteiger charge is 2.29. The average Bonchev–Trinajstić information content (AvgIpc) is 3.51. The van der Waals surface area contributed by atoms with Crippen molar-refractivity contribution < 1.29 is 19.4 Å². The molecule has 8 heteroatoms. The van der Waals surface area contributed by atoms with E-state index in [0.717, 1.165) is 72.3 Å². The Kier molecular flexibility index (Phi) is 16.7. The topological polar surface area (TPSA) is 106 Å². The second-order valence-electron chi connectivity index (χ2n) is 13.1. The molecular weight excluding hydrogens is 612 g/mol. The fraction of sp³-hybridized carbons (Fsp3) is 0.512. The maximum Gasteiger partial charge on any atom is 0.407 e. The van der Waals surface area contributed by atoms with Gasteiger partial charge in [0, 0.05) is 42.6 Å². The Bertz CT molecular complexity index is 1490. The van der Waals surface area contributed by atoms with E-state index in [1.165, 1.54) is 51.4 Å². The number of aryl methyl sites for hydroxylation is 1. The number of nitrogens with one attached hydrogen (secondary N) is 1. The minimum Gasteiger partial charge on any atom is -0.481 e. The van der Waals surface area contributed by atoms with Crippen molar-refractivity contribution in [3.63, 3.8) is 0 Å². The number of amides is 1. The number of rotatable bonds is 22. The van der Waals surface area contributed by atoms with Crippen molar-refractivity contribution in [1.82, 2.24) is 20.3 Å². The predicted octanol–water partition coefficient (Wildman–Crippen LogP) is 10.4. The summed E-state index contributed by atoms with van der Waals surface area (Å²) in [6.45, 7) is 3.47. The lowest BCUT2D eigenvalue weighted by Gasteiger charge is -2.25. The van der Waals surface area contributed by atoms with Crippen LogP contribution in [0.4, 0.5) is 4.79 Å². The van der Waals surface area contributed by atoms with Crippen molar-refractivity contribution >= 4 is 12.1 Å². The maximum absolute atomic E-state index is 12.9. The summed E-state index contributed by atoms with van der Waals surface area (Å²) in [5, 5.41) is 21.0. The number of alkyl carbamates (subject to hydrolysis) is 1. The molecular formula is C41H56N4O4. The van der Waals surface area contributed by atoms with Crippen molar-refractivity contribution in [2.24, 2.45) is 0 Å². The molecule has 4 rings (SSSR count). The summed E-state index contributed by atoms with van der Waals surface area (Å²) < 4.78 is 8.11. The van der Waals surface area contributed by atoms with Gasteiger partial charge in [-0.2, -0.15) is 0 Å². The van der Waals surface area contributed by atoms with E-state index in [4.69, 9.17) is 14.9 Å². The van der Waals surface area contributed by atoms with Gasteiger partial charge in [-0.15, -0.1) is 5.10 Å². The summed E-state index contributed by atoms with van der Waals surface area (Å²) >= 11 is 0. The molecule has 49 heavy (non-hydrogen) atoms. The molecule has 0 bridgehead atoms. The molecule has 0 saturated heterocycles. The Hall–Kier alpha value is -4.20. The van der Waals surface area contributed by atoms with E-state index < -0.39 is 18.2 Å². The van der Waals surface area contributed by atoms with Gasteiger partial charge in [0.1, 0.15) is 11.8 Å². The molecule has 1 aromatic heterocycles. The quantitative estimate of drug-likeness (QED) is 0.0815. The van der Waals surface area contributed by atoms with Gasteiger partial charge in [0.05, 0.1) is 5.69 Å². The number of benzene rings is 2. The van der Waals surface area contributed by atoms with Crippen LogP contribution in [0.5, 0.6) is 0 Å². The van der Waals surface area contributed by atoms with E-state index in [0.29, 0.717) is 25.8 Å². The monoisotopic (exact) mass is 668 g/mol. The van der Waals surface area contributed by atoms with Crippen LogP contribution >= 0.6 is 0 Å². The zero-order valence-electron chi connectivity index (χ0n) is 29.5. The van der Waals surface area contributed by atoms with E-state index in [1.54, 1.807) is 0 Å². The number of ether oxygens (including phenoxy) is 1. The molecule has 0 fully saturated rings. The number of fused-ring (bicyclic) bond motifs is 5. The SMILES string of the molecule is CCCCCC=CCC=CCCCCCCCCn1nnc2c1-c1ccccc1C(OC(=O)NCCCCCC(=O)O)Cc1ccccc1-2. The lowest BCUT2D eigenvalue weighted by molar-refractivity contribution is -0.137. The summed E-state index contributed by atoms with van der Waals surface area (Å²) in [4.78, 5) is 23.7. The molecule has 2 N–H and O–H groups in total. The fourth-order valence-electron chi connectivity index (χ4n) is 6.44. The first-order valence-corrected chi connectivity index (χ1v) is 18.7. The Balaban J connectivity index is 1.30. The zero-order chi connectivity index (χ0) is 34.5. The van der Waals surface area contributed by atoms with Crippen molar-refractivity contribution in [3.8, 4) is 22.5 Å². The number of carboxylic acid groups (broad SMARTS) is 1. The minimum atomic E-state index is -0.795. The number of carbonyl (C=O) groups is 2. The fourth-order valence-corrected chi connectivity index (χ4v) is 6.44. The van der Waals surface area contributed by atoms with Crippen molar-refractivity contribution in [3.05, 3.63) is 84.0 Å². The normalized spacial score (nSPS) is 13.9. The Morgan fingerprint density at radius 2 is 1.51 bits per heavy atom. The molecule has 2 aromatic carbocycles. The van der Waals surface area contributed by atoms with Gasteiger partial charge in [-0.25, -0.2) is 9.48 Å². The first-order chi connectivity index (χ1) is 24.1. The molecule has 0 aliphatic heterocycles. The van der Waals surface area contributed by atoms with Crippen LogP contribution in [0.2, 0.25) is 0 Å². The zero-order valence-corrected chi connectivity index (χ0v) is 29.5. The lowest BCUT2D eigenvalue weighted by atomic mass is 9.87. The number of nitrogens with zero attached hydrogens (tertiary/aromatic N) is 3. The highest BCUT2D eigenvalue weighted by Crippen LogP contribution is 2.41. The number of aliphatic carboxylic acids is 1. The number of carboxylic acids is 1. The largest absolute Gasteiger partial charge is 0.481 e. The first kappa shape index (κ1) is 37.6. The number of allylic oxidation sites excluding steroid dienone is 4. The third-order valence-electron chi connectivity index (χ3n) is 9.13. The van der Waals surface area contributed by atoms with Gasteiger partial charge in [0.25, 0.3) is 0 Å². The van der Waals surface area contributed by atoms with Gasteiger partial charge < -0.3 is 15.2 Å². The van der Waals surface area contributed by atoms with E-state index in [9.17, 15) is 9.59 Å². The first-order valence-electron chi connectivity index (χ1n) is 18.7. The molecule has 8 nitrogen and oxygen atoms in total. The van der Waals surface area contributed by atoms with Crippen molar-refractivity contribution in [2.45, 2.75) is 129 Å². The third-order valence-corrected chi connectivity index (χ3v) is 9.13. The second kappa shape index (κ2) is 21.7. The van der Waals surface area contributed by atoms with Crippen LogP contribution in [-0.4, -0.2) is 38.7 Å². The Morgan fingerprint density at radius 3 is 2.29 bits per heavy atom. The van der Waals surface area contributed by atoms with Crippen molar-refractivity contribution in [1.29, 1.82) is 0 Å². The van der Waals surface area contributed by atoms with Gasteiger partial charge in [0.15, 0.2) is 0 Å². The summed E-state index contributed by atoms with van der Waals surface area (Å²) in [5.41, 5.74) is 5.84. The van der Waals surface area contributed by atoms with Crippen LogP contribution in [0.15, 0.2) is 72.8 Å². The lowest BCUT2D eigenvalue weighted by Crippen LogP contribution is -2.28. The number of unbranched alkanes of at least 4 members (excludes halogenated alkanes) is 11. The van der Waals surface area contributed by atoms with Gasteiger partial charge in [-0.05, 0) is 56.9 Å². The average molecular weight is 669 g/mol. The van der Waals surface area contributed by atoms with E-state index in [2.05, 4.69) is 60.0 Å². The van der Waals surface area contributed by atoms with Crippen LogP contribution in [0.3, 0.4) is 0 Å². The van der Waals surface area contributed by atoms with Crippen molar-refractivity contribution in [2.75, 3.05) is 6.54 Å². The summed E-state index contributed by atoms with van der Waals surface area (Å²) in [7, 11) is 0. The molecule has 1 atom stereocenters. The molecule has 1 aliphatic carbocycles. The molecule has 264 valence electrons. The van der Waals surface area contributed by atoms with E-state index >= 15 is 0 Å². The summed E-state index contributed by atoms with van der Waals surface area (Å²) in [6.07, 6.45) is 25.5. The van der Waals surface area contributed by atoms with Crippen LogP contribution in [0.1, 0.15) is 127 Å². The summed E-state index contributed by atoms with van der Waals surface area (Å²) in [6, 6.07) is 16.3.